The van der Waals surface area contributed by atoms with Crippen molar-refractivity contribution in [2.24, 2.45) is 5.92 Å². The largest absolute Gasteiger partial charge is 0.0893 e. The van der Waals surface area contributed by atoms with E-state index in [4.69, 9.17) is 24.4 Å². The molecule has 1 atom stereocenters. The highest BCUT2D eigenvalue weighted by molar-refractivity contribution is 7.82. The van der Waals surface area contributed by atoms with Crippen LogP contribution in [0, 0.1) is 5.92 Å². The fraction of sp³-hybridized carbons (Fsp3) is 0.667. The summed E-state index contributed by atoms with van der Waals surface area (Å²) in [6, 6.07) is 0. The molecule has 0 aromatic carbocycles. The molecule has 0 aromatic heterocycles. The van der Waals surface area contributed by atoms with Crippen LogP contribution >= 0.6 is 24.4 Å². The van der Waals surface area contributed by atoms with Gasteiger partial charge in [-0.2, -0.15) is 0 Å². The van der Waals surface area contributed by atoms with Gasteiger partial charge in [-0.15, -0.1) is 0 Å². The Labute approximate surface area is 60.3 Å². The lowest BCUT2D eigenvalue weighted by molar-refractivity contribution is 0.860. The van der Waals surface area contributed by atoms with Crippen LogP contribution in [0.2, 0.25) is 0 Å². The Bertz CT molecular complexity index is 137. The van der Waals surface area contributed by atoms with Gasteiger partial charge in [-0.25, -0.2) is 0 Å². The van der Waals surface area contributed by atoms with Crippen molar-refractivity contribution in [3.05, 3.63) is 0 Å². The molecule has 0 heterocycles. The van der Waals surface area contributed by atoms with E-state index in [1.807, 2.05) is 0 Å². The van der Waals surface area contributed by atoms with Crippen LogP contribution in [0.3, 0.4) is 0 Å². The minimum absolute atomic E-state index is 0.581. The van der Waals surface area contributed by atoms with Gasteiger partial charge in [0, 0.05) is 11.3 Å². The SMILES string of the molecule is CC1CC(=S)CC1=S. The summed E-state index contributed by atoms with van der Waals surface area (Å²) < 4.78 is 0. The third kappa shape index (κ3) is 1.12. The molecule has 0 aliphatic heterocycles. The van der Waals surface area contributed by atoms with Gasteiger partial charge in [0.1, 0.15) is 0 Å². The molecule has 1 saturated carbocycles. The smallest absolute Gasteiger partial charge is 0.0105 e. The molecule has 1 fully saturated rings. The second-order valence-corrected chi connectivity index (χ2v) is 3.39. The summed E-state index contributed by atoms with van der Waals surface area (Å²) in [5, 5.41) is 0. The van der Waals surface area contributed by atoms with Crippen molar-refractivity contribution in [1.29, 1.82) is 0 Å². The molecule has 0 N–H and O–H groups in total. The number of hydrogen-bond donors (Lipinski definition) is 0. The van der Waals surface area contributed by atoms with Gasteiger partial charge in [-0.05, 0) is 17.2 Å². The van der Waals surface area contributed by atoms with Crippen LogP contribution in [0.15, 0.2) is 0 Å². The third-order valence-corrected chi connectivity index (χ3v) is 2.31. The molecule has 1 aliphatic rings. The average Bonchev–Trinajstić information content (AvgIpc) is 1.85. The van der Waals surface area contributed by atoms with Gasteiger partial charge in [-0.1, -0.05) is 31.4 Å². The van der Waals surface area contributed by atoms with Crippen LogP contribution in [-0.2, 0) is 0 Å². The molecule has 0 spiro atoms. The molecule has 44 valence electrons. The Morgan fingerprint density at radius 1 is 1.50 bits per heavy atom. The summed E-state index contributed by atoms with van der Waals surface area (Å²) in [6.07, 6.45) is 1.97. The molecule has 0 aromatic rings. The summed E-state index contributed by atoms with van der Waals surface area (Å²) in [5.74, 6) is 0.581. The number of hydrogen-bond acceptors (Lipinski definition) is 2. The van der Waals surface area contributed by atoms with Crippen molar-refractivity contribution >= 4 is 34.2 Å². The van der Waals surface area contributed by atoms with Gasteiger partial charge in [0.25, 0.3) is 0 Å². The zero-order valence-electron chi connectivity index (χ0n) is 4.81. The monoisotopic (exact) mass is 144 g/mol. The van der Waals surface area contributed by atoms with Crippen molar-refractivity contribution in [3.63, 3.8) is 0 Å². The van der Waals surface area contributed by atoms with Gasteiger partial charge in [0.2, 0.25) is 0 Å². The highest BCUT2D eigenvalue weighted by atomic mass is 32.1. The predicted octanol–water partition coefficient (Wildman–Crippen LogP) is 2.16. The van der Waals surface area contributed by atoms with Crippen molar-refractivity contribution in [1.82, 2.24) is 0 Å². The van der Waals surface area contributed by atoms with Crippen LogP contribution in [0.5, 0.6) is 0 Å². The predicted molar refractivity (Wildman–Crippen MR) is 43.6 cm³/mol. The van der Waals surface area contributed by atoms with Crippen molar-refractivity contribution in [2.75, 3.05) is 0 Å². The summed E-state index contributed by atoms with van der Waals surface area (Å²) in [5.41, 5.74) is 0. The Kier molecular flexibility index (Phi) is 1.73. The Morgan fingerprint density at radius 3 is 2.25 bits per heavy atom. The summed E-state index contributed by atoms with van der Waals surface area (Å²) >= 11 is 10.0. The van der Waals surface area contributed by atoms with Crippen molar-refractivity contribution in [2.45, 2.75) is 19.8 Å². The molecular weight excluding hydrogens is 136 g/mol. The zero-order valence-corrected chi connectivity index (χ0v) is 6.44. The Balaban J connectivity index is 2.64. The topological polar surface area (TPSA) is 0 Å². The molecule has 2 heteroatoms. The van der Waals surface area contributed by atoms with E-state index in [9.17, 15) is 0 Å². The van der Waals surface area contributed by atoms with Crippen LogP contribution < -0.4 is 0 Å². The molecule has 1 aliphatic carbocycles. The summed E-state index contributed by atoms with van der Waals surface area (Å²) in [7, 11) is 0. The van der Waals surface area contributed by atoms with Crippen LogP contribution in [0.25, 0.3) is 0 Å². The van der Waals surface area contributed by atoms with Gasteiger partial charge in [0.05, 0.1) is 0 Å². The lowest BCUT2D eigenvalue weighted by Gasteiger charge is -1.94. The molecule has 0 nitrogen and oxygen atoms in total. The van der Waals surface area contributed by atoms with E-state index in [0.717, 1.165) is 22.6 Å². The van der Waals surface area contributed by atoms with E-state index in [2.05, 4.69) is 6.92 Å². The second kappa shape index (κ2) is 2.19. The first-order valence-electron chi connectivity index (χ1n) is 2.74. The Morgan fingerprint density at radius 2 is 2.12 bits per heavy atom. The van der Waals surface area contributed by atoms with Gasteiger partial charge >= 0.3 is 0 Å². The molecule has 0 bridgehead atoms. The van der Waals surface area contributed by atoms with E-state index in [-0.39, 0.29) is 0 Å². The quantitative estimate of drug-likeness (QED) is 0.478. The van der Waals surface area contributed by atoms with E-state index in [1.54, 1.807) is 0 Å². The number of thiocarbonyl (C=S) groups is 2. The normalized spacial score (nSPS) is 29.4. The first kappa shape index (κ1) is 6.30. The Hall–Kier alpha value is 0.180. The molecule has 0 radical (unpaired) electrons. The maximum atomic E-state index is 5.03. The molecule has 1 rings (SSSR count). The maximum Gasteiger partial charge on any atom is 0.0105 e. The highest BCUT2D eigenvalue weighted by Gasteiger charge is 2.19. The molecule has 1 unspecified atom stereocenters. The van der Waals surface area contributed by atoms with E-state index < -0.39 is 0 Å². The fourth-order valence-electron chi connectivity index (χ4n) is 0.896. The minimum Gasteiger partial charge on any atom is -0.0893 e. The van der Waals surface area contributed by atoms with E-state index >= 15 is 0 Å². The molecule has 8 heavy (non-hydrogen) atoms. The van der Waals surface area contributed by atoms with Gasteiger partial charge in [-0.3, -0.25) is 0 Å². The summed E-state index contributed by atoms with van der Waals surface area (Å²) in [6.45, 7) is 2.14. The lowest BCUT2D eigenvalue weighted by Crippen LogP contribution is -1.95. The van der Waals surface area contributed by atoms with Gasteiger partial charge < -0.3 is 0 Å². The minimum atomic E-state index is 0.581. The fourth-order valence-corrected chi connectivity index (χ4v) is 1.65. The van der Waals surface area contributed by atoms with Crippen molar-refractivity contribution in [3.8, 4) is 0 Å². The maximum absolute atomic E-state index is 5.03. The second-order valence-electron chi connectivity index (χ2n) is 2.29. The average molecular weight is 144 g/mol. The van der Waals surface area contributed by atoms with Crippen molar-refractivity contribution < 1.29 is 0 Å². The summed E-state index contributed by atoms with van der Waals surface area (Å²) in [4.78, 5) is 2.29. The zero-order chi connectivity index (χ0) is 6.15. The number of rotatable bonds is 0. The first-order chi connectivity index (χ1) is 3.70. The van der Waals surface area contributed by atoms with Crippen LogP contribution in [0.4, 0.5) is 0 Å². The third-order valence-electron chi connectivity index (χ3n) is 1.45. The van der Waals surface area contributed by atoms with Crippen LogP contribution in [0.1, 0.15) is 19.8 Å². The molecule has 0 saturated heterocycles. The standard InChI is InChI=1S/C6H8S2/c1-4-2-5(7)3-6(4)8/h4H,2-3H2,1H3. The molecule has 0 amide bonds. The molecular formula is C6H8S2. The lowest BCUT2D eigenvalue weighted by atomic mass is 10.1. The van der Waals surface area contributed by atoms with Crippen LogP contribution in [-0.4, -0.2) is 9.73 Å². The highest BCUT2D eigenvalue weighted by Crippen LogP contribution is 2.19. The van der Waals surface area contributed by atoms with E-state index in [1.165, 1.54) is 0 Å². The van der Waals surface area contributed by atoms with Gasteiger partial charge in [0.15, 0.2) is 0 Å². The first-order valence-corrected chi connectivity index (χ1v) is 3.56. The van der Waals surface area contributed by atoms with E-state index in [0.29, 0.717) is 5.92 Å².